The number of nitrogens with zero attached hydrogens (tertiary/aromatic N) is 8. The first-order valence-electron chi connectivity index (χ1n) is 13.9. The molecule has 0 bridgehead atoms. The summed E-state index contributed by atoms with van der Waals surface area (Å²) in [5.41, 5.74) is 10.6. The van der Waals surface area contributed by atoms with Crippen molar-refractivity contribution in [1.82, 2.24) is 34.8 Å². The highest BCUT2D eigenvalue weighted by Gasteiger charge is 2.49. The van der Waals surface area contributed by atoms with E-state index in [1.165, 1.54) is 6.33 Å². The maximum atomic E-state index is 10.0. The molecule has 40 heavy (non-hydrogen) atoms. The fraction of sp³-hybridized carbons (Fsp3) is 0.448. The van der Waals surface area contributed by atoms with E-state index < -0.39 is 5.41 Å². The molecule has 1 fully saturated rings. The molecule has 3 aromatic heterocycles. The summed E-state index contributed by atoms with van der Waals surface area (Å²) in [6.07, 6.45) is 9.55. The molecule has 0 amide bonds. The molecule has 11 nitrogen and oxygen atoms in total. The van der Waals surface area contributed by atoms with Crippen molar-refractivity contribution in [2.45, 2.75) is 69.4 Å². The van der Waals surface area contributed by atoms with Gasteiger partial charge in [-0.25, -0.2) is 14.6 Å². The third-order valence-corrected chi connectivity index (χ3v) is 8.97. The second-order valence-corrected chi connectivity index (χ2v) is 11.2. The third-order valence-electron chi connectivity index (χ3n) is 8.97. The fourth-order valence-electron chi connectivity index (χ4n) is 7.08. The molecule has 0 radical (unpaired) electrons. The Morgan fingerprint density at radius 2 is 2.12 bits per heavy atom. The van der Waals surface area contributed by atoms with Gasteiger partial charge in [0.15, 0.2) is 23.1 Å². The van der Waals surface area contributed by atoms with Gasteiger partial charge >= 0.3 is 0 Å². The molecule has 2 N–H and O–H groups in total. The Labute approximate surface area is 232 Å². The number of anilines is 1. The first-order chi connectivity index (χ1) is 19.5. The minimum atomic E-state index is -0.432. The van der Waals surface area contributed by atoms with Crippen LogP contribution in [0, 0.1) is 11.3 Å². The van der Waals surface area contributed by atoms with E-state index in [0.717, 1.165) is 73.9 Å². The molecule has 1 saturated heterocycles. The fourth-order valence-corrected chi connectivity index (χ4v) is 7.08. The number of fused-ring (bicyclic) bond motifs is 4. The number of ether oxygens (including phenoxy) is 1. The average molecular weight is 538 g/mol. The lowest BCUT2D eigenvalue weighted by Gasteiger charge is -2.33. The number of hydrogen-bond donors (Lipinski definition) is 1. The Morgan fingerprint density at radius 1 is 1.23 bits per heavy atom. The van der Waals surface area contributed by atoms with Crippen LogP contribution in [0.25, 0.3) is 17.3 Å². The molecule has 3 aliphatic rings. The summed E-state index contributed by atoms with van der Waals surface area (Å²) in [4.78, 5) is 16.1. The first kappa shape index (κ1) is 24.7. The maximum Gasteiger partial charge on any atom is 0.219 e. The van der Waals surface area contributed by atoms with Crippen LogP contribution in [0.4, 0.5) is 5.69 Å². The summed E-state index contributed by atoms with van der Waals surface area (Å²) in [5, 5.41) is 18.8. The van der Waals surface area contributed by atoms with Gasteiger partial charge in [-0.15, -0.1) is 0 Å². The van der Waals surface area contributed by atoms with E-state index in [1.54, 1.807) is 17.1 Å². The predicted molar refractivity (Wildman–Crippen MR) is 146 cm³/mol. The topological polar surface area (TPSA) is 145 Å². The molecule has 4 heterocycles. The molecule has 1 aliphatic heterocycles. The van der Waals surface area contributed by atoms with E-state index in [2.05, 4.69) is 40.2 Å². The number of hydrogen-bond acceptors (Lipinski definition) is 10. The van der Waals surface area contributed by atoms with E-state index in [9.17, 15) is 5.26 Å². The molecule has 11 heteroatoms. The zero-order valence-electron chi connectivity index (χ0n) is 22.7. The van der Waals surface area contributed by atoms with Crippen LogP contribution in [0.2, 0.25) is 0 Å². The summed E-state index contributed by atoms with van der Waals surface area (Å²) in [7, 11) is 2.13. The van der Waals surface area contributed by atoms with Crippen LogP contribution in [-0.2, 0) is 18.3 Å². The average Bonchev–Trinajstić information content (AvgIpc) is 3.76. The minimum Gasteiger partial charge on any atom is -0.473 e. The molecule has 7 rings (SSSR count). The van der Waals surface area contributed by atoms with Gasteiger partial charge in [-0.2, -0.15) is 15.3 Å². The van der Waals surface area contributed by atoms with Crippen LogP contribution in [0.1, 0.15) is 67.0 Å². The van der Waals surface area contributed by atoms with Crippen molar-refractivity contribution in [2.24, 2.45) is 0 Å². The second-order valence-electron chi connectivity index (χ2n) is 11.2. The van der Waals surface area contributed by atoms with Crippen molar-refractivity contribution >= 4 is 5.69 Å². The van der Waals surface area contributed by atoms with Gasteiger partial charge in [-0.3, -0.25) is 4.90 Å². The monoisotopic (exact) mass is 537 g/mol. The van der Waals surface area contributed by atoms with Crippen molar-refractivity contribution < 1.29 is 9.26 Å². The second kappa shape index (κ2) is 9.41. The predicted octanol–water partition coefficient (Wildman–Crippen LogP) is 3.60. The molecule has 0 saturated carbocycles. The van der Waals surface area contributed by atoms with Gasteiger partial charge in [-0.1, -0.05) is 11.2 Å². The molecular weight excluding hydrogens is 506 g/mol. The van der Waals surface area contributed by atoms with E-state index in [-0.39, 0.29) is 6.10 Å². The number of nitrogen functional groups attached to an aromatic ring is 1. The van der Waals surface area contributed by atoms with Gasteiger partial charge in [0, 0.05) is 23.4 Å². The summed E-state index contributed by atoms with van der Waals surface area (Å²) in [6, 6.07) is 8.34. The number of aryl methyl sites for hydroxylation is 1. The van der Waals surface area contributed by atoms with Crippen LogP contribution in [0.3, 0.4) is 0 Å². The van der Waals surface area contributed by atoms with Crippen LogP contribution in [0.15, 0.2) is 35.4 Å². The molecule has 1 spiro atoms. The quantitative estimate of drug-likeness (QED) is 0.375. The standard InChI is InChI=1S/C29H31N9O2/c1-17(22-6-4-12-37(22)2)39-24-13-23(38-16-32-15-33-38)34-28(35-24)26-19-5-3-10-29(27(19)40-36-26)11-9-18-7-8-21(31)20(14-30)25(18)29/h7-8,13,15-17,22H,3-6,9-12,31H2,1-2H3. The SMILES string of the molecule is CC(Oc1cc(-n2cncn2)nc(-c2noc3c2CCCC32CCc3ccc(N)c(C#N)c32)n1)C1CCCN1C. The number of likely N-dealkylation sites (N-methyl/N-ethyl adjacent to an activating group) is 1. The summed E-state index contributed by atoms with van der Waals surface area (Å²) in [5.74, 6) is 2.21. The Bertz CT molecular complexity index is 1620. The van der Waals surface area contributed by atoms with E-state index >= 15 is 0 Å². The summed E-state index contributed by atoms with van der Waals surface area (Å²) >= 11 is 0. The van der Waals surface area contributed by atoms with E-state index in [1.807, 2.05) is 12.1 Å². The maximum absolute atomic E-state index is 10.0. The highest BCUT2D eigenvalue weighted by Crippen LogP contribution is 2.54. The first-order valence-corrected chi connectivity index (χ1v) is 13.9. The van der Waals surface area contributed by atoms with Gasteiger partial charge in [0.25, 0.3) is 0 Å². The molecule has 204 valence electrons. The van der Waals surface area contributed by atoms with Crippen LogP contribution >= 0.6 is 0 Å². The molecule has 3 atom stereocenters. The van der Waals surface area contributed by atoms with Gasteiger partial charge in [0.2, 0.25) is 5.88 Å². The van der Waals surface area contributed by atoms with Crippen LogP contribution in [-0.4, -0.2) is 60.5 Å². The van der Waals surface area contributed by atoms with E-state index in [4.69, 9.17) is 25.0 Å². The van der Waals surface area contributed by atoms with Crippen molar-refractivity contribution in [3.05, 3.63) is 58.9 Å². The summed E-state index contributed by atoms with van der Waals surface area (Å²) < 4.78 is 14.2. The van der Waals surface area contributed by atoms with Crippen molar-refractivity contribution in [2.75, 3.05) is 19.3 Å². The van der Waals surface area contributed by atoms with Gasteiger partial charge in [-0.05, 0) is 82.7 Å². The molecule has 3 unspecified atom stereocenters. The zero-order chi connectivity index (χ0) is 27.4. The van der Waals surface area contributed by atoms with Gasteiger partial charge < -0.3 is 15.0 Å². The Morgan fingerprint density at radius 3 is 2.90 bits per heavy atom. The zero-order valence-corrected chi connectivity index (χ0v) is 22.7. The largest absolute Gasteiger partial charge is 0.473 e. The van der Waals surface area contributed by atoms with Crippen molar-refractivity contribution in [3.63, 3.8) is 0 Å². The third kappa shape index (κ3) is 3.78. The number of benzene rings is 1. The Kier molecular flexibility index (Phi) is 5.82. The lowest BCUT2D eigenvalue weighted by atomic mass is 9.68. The van der Waals surface area contributed by atoms with Crippen LogP contribution in [0.5, 0.6) is 5.88 Å². The molecule has 4 aromatic rings. The van der Waals surface area contributed by atoms with Gasteiger partial charge in [0.05, 0.1) is 11.0 Å². The number of likely N-dealkylation sites (tertiary alicyclic amines) is 1. The van der Waals surface area contributed by atoms with Crippen LogP contribution < -0.4 is 10.5 Å². The lowest BCUT2D eigenvalue weighted by Crippen LogP contribution is -2.38. The molecule has 1 aromatic carbocycles. The number of aromatic nitrogens is 6. The molecular formula is C29H31N9O2. The lowest BCUT2D eigenvalue weighted by molar-refractivity contribution is 0.117. The van der Waals surface area contributed by atoms with Gasteiger partial charge in [0.1, 0.15) is 24.8 Å². The number of rotatable bonds is 5. The smallest absolute Gasteiger partial charge is 0.219 e. The normalized spacial score (nSPS) is 22.7. The van der Waals surface area contributed by atoms with Crippen molar-refractivity contribution in [1.29, 1.82) is 5.26 Å². The number of nitriles is 1. The Hall–Kier alpha value is -4.30. The van der Waals surface area contributed by atoms with E-state index in [0.29, 0.717) is 40.5 Å². The minimum absolute atomic E-state index is 0.0572. The summed E-state index contributed by atoms with van der Waals surface area (Å²) in [6.45, 7) is 3.15. The highest BCUT2D eigenvalue weighted by atomic mass is 16.5. The van der Waals surface area contributed by atoms with Crippen molar-refractivity contribution in [3.8, 4) is 29.3 Å². The highest BCUT2D eigenvalue weighted by molar-refractivity contribution is 5.68. The Balaban J connectivity index is 1.32. The molecule has 2 aliphatic carbocycles. The number of nitrogens with two attached hydrogens (primary N) is 1.